The maximum absolute atomic E-state index is 12.6. The molecule has 2 heterocycles. The molecule has 11 heteroatoms. The van der Waals surface area contributed by atoms with Crippen LogP contribution in [0.25, 0.3) is 0 Å². The highest BCUT2D eigenvalue weighted by molar-refractivity contribution is 7.99. The highest BCUT2D eigenvalue weighted by Gasteiger charge is 2.17. The number of carbonyl (C=O) groups excluding carboxylic acids is 2. The van der Waals surface area contributed by atoms with Crippen molar-refractivity contribution in [2.75, 3.05) is 24.3 Å². The fourth-order valence-corrected chi connectivity index (χ4v) is 3.72. The number of tetrazole rings is 1. The molecule has 1 aliphatic rings. The molecule has 0 bridgehead atoms. The van der Waals surface area contributed by atoms with Gasteiger partial charge in [0.25, 0.3) is 5.91 Å². The Labute approximate surface area is 188 Å². The molecule has 0 spiro atoms. The zero-order chi connectivity index (χ0) is 22.5. The van der Waals surface area contributed by atoms with E-state index in [1.165, 1.54) is 16.4 Å². The third-order valence-corrected chi connectivity index (χ3v) is 5.77. The summed E-state index contributed by atoms with van der Waals surface area (Å²) in [4.78, 5) is 24.8. The summed E-state index contributed by atoms with van der Waals surface area (Å²) >= 11 is 1.24. The van der Waals surface area contributed by atoms with Gasteiger partial charge < -0.3 is 20.1 Å². The van der Waals surface area contributed by atoms with Gasteiger partial charge in [-0.15, -0.1) is 5.10 Å². The number of rotatable bonds is 7. The number of ether oxygens (including phenoxy) is 2. The van der Waals surface area contributed by atoms with Crippen molar-refractivity contribution in [3.63, 3.8) is 0 Å². The first kappa shape index (κ1) is 21.6. The minimum atomic E-state index is -0.218. The highest BCUT2D eigenvalue weighted by Crippen LogP contribution is 2.32. The number of aromatic nitrogens is 4. The Morgan fingerprint density at radius 1 is 1.12 bits per heavy atom. The van der Waals surface area contributed by atoms with E-state index in [2.05, 4.69) is 26.2 Å². The number of hydrogen-bond acceptors (Lipinski definition) is 8. The summed E-state index contributed by atoms with van der Waals surface area (Å²) in [6.07, 6.45) is 0. The van der Waals surface area contributed by atoms with Crippen molar-refractivity contribution in [2.45, 2.75) is 18.1 Å². The van der Waals surface area contributed by atoms with Gasteiger partial charge in [0.05, 0.1) is 11.8 Å². The second-order valence-electron chi connectivity index (χ2n) is 7.10. The van der Waals surface area contributed by atoms with Gasteiger partial charge >= 0.3 is 0 Å². The number of fused-ring (bicyclic) bond motifs is 1. The van der Waals surface area contributed by atoms with E-state index in [0.717, 1.165) is 5.56 Å². The fraction of sp³-hybridized carbons (Fsp3) is 0.286. The molecule has 0 fully saturated rings. The first-order valence-electron chi connectivity index (χ1n) is 9.95. The molecule has 2 amide bonds. The van der Waals surface area contributed by atoms with Crippen LogP contribution in [0.2, 0.25) is 0 Å². The quantitative estimate of drug-likeness (QED) is 0.522. The Kier molecular flexibility index (Phi) is 6.55. The smallest absolute Gasteiger partial charge is 0.251 e. The van der Waals surface area contributed by atoms with Gasteiger partial charge in [0, 0.05) is 18.3 Å². The normalized spacial score (nSPS) is 13.3. The highest BCUT2D eigenvalue weighted by atomic mass is 32.2. The van der Waals surface area contributed by atoms with Crippen LogP contribution in [-0.2, 0) is 11.8 Å². The van der Waals surface area contributed by atoms with E-state index >= 15 is 0 Å². The van der Waals surface area contributed by atoms with E-state index < -0.39 is 0 Å². The Hall–Kier alpha value is -3.60. The predicted octanol–water partition coefficient (Wildman–Crippen LogP) is 2.20. The van der Waals surface area contributed by atoms with Gasteiger partial charge in [0.15, 0.2) is 11.5 Å². The summed E-state index contributed by atoms with van der Waals surface area (Å²) in [5.74, 6) is 1.16. The van der Waals surface area contributed by atoms with Gasteiger partial charge in [0.2, 0.25) is 11.1 Å². The molecule has 2 N–H and O–H groups in total. The second kappa shape index (κ2) is 9.69. The molecule has 0 saturated carbocycles. The molecule has 1 aromatic heterocycles. The molecular weight excluding hydrogens is 432 g/mol. The molecule has 0 saturated heterocycles. The Balaban J connectivity index is 1.30. The van der Waals surface area contributed by atoms with Gasteiger partial charge in [-0.1, -0.05) is 17.8 Å². The molecule has 4 rings (SSSR count). The predicted molar refractivity (Wildman–Crippen MR) is 118 cm³/mol. The van der Waals surface area contributed by atoms with E-state index in [4.69, 9.17) is 9.47 Å². The molecule has 2 aromatic carbocycles. The van der Waals surface area contributed by atoms with E-state index in [1.54, 1.807) is 31.3 Å². The number of anilines is 1. The summed E-state index contributed by atoms with van der Waals surface area (Å²) in [6, 6.07) is 12.1. The first-order valence-corrected chi connectivity index (χ1v) is 10.9. The number of benzene rings is 2. The summed E-state index contributed by atoms with van der Waals surface area (Å²) in [6.45, 7) is 2.95. The van der Waals surface area contributed by atoms with E-state index in [0.29, 0.717) is 41.1 Å². The van der Waals surface area contributed by atoms with Crippen molar-refractivity contribution in [3.05, 3.63) is 53.6 Å². The molecule has 3 aromatic rings. The van der Waals surface area contributed by atoms with Crippen LogP contribution in [0, 0.1) is 0 Å². The lowest BCUT2D eigenvalue weighted by atomic mass is 10.1. The van der Waals surface area contributed by atoms with Crippen LogP contribution in [0.1, 0.15) is 28.9 Å². The lowest BCUT2D eigenvalue weighted by Crippen LogP contribution is -2.27. The number of carbonyl (C=O) groups is 2. The van der Waals surface area contributed by atoms with Gasteiger partial charge in [-0.25, -0.2) is 4.68 Å². The van der Waals surface area contributed by atoms with Crippen molar-refractivity contribution < 1.29 is 19.1 Å². The zero-order valence-corrected chi connectivity index (χ0v) is 18.4. The van der Waals surface area contributed by atoms with Gasteiger partial charge in [-0.3, -0.25) is 9.59 Å². The van der Waals surface area contributed by atoms with Crippen molar-refractivity contribution in [1.82, 2.24) is 25.5 Å². The molecule has 1 atom stereocenters. The third kappa shape index (κ3) is 5.17. The van der Waals surface area contributed by atoms with Gasteiger partial charge in [-0.2, -0.15) is 0 Å². The average molecular weight is 455 g/mol. The lowest BCUT2D eigenvalue weighted by molar-refractivity contribution is -0.113. The van der Waals surface area contributed by atoms with Crippen LogP contribution in [0.15, 0.2) is 47.6 Å². The third-order valence-electron chi connectivity index (χ3n) is 4.76. The molecule has 166 valence electrons. The minimum Gasteiger partial charge on any atom is -0.486 e. The maximum Gasteiger partial charge on any atom is 0.251 e. The Morgan fingerprint density at radius 3 is 2.59 bits per heavy atom. The molecule has 0 aliphatic carbocycles. The van der Waals surface area contributed by atoms with Crippen molar-refractivity contribution >= 4 is 29.3 Å². The molecular formula is C21H22N6O4S. The molecule has 10 nitrogen and oxygen atoms in total. The van der Waals surface area contributed by atoms with Crippen molar-refractivity contribution in [2.24, 2.45) is 7.05 Å². The van der Waals surface area contributed by atoms with Crippen LogP contribution < -0.4 is 20.1 Å². The lowest BCUT2D eigenvalue weighted by Gasteiger charge is -2.21. The van der Waals surface area contributed by atoms with Gasteiger partial charge in [0.1, 0.15) is 13.2 Å². The summed E-state index contributed by atoms with van der Waals surface area (Å²) < 4.78 is 12.6. The second-order valence-corrected chi connectivity index (χ2v) is 8.04. The van der Waals surface area contributed by atoms with Crippen LogP contribution in [0.3, 0.4) is 0 Å². The maximum atomic E-state index is 12.6. The minimum absolute atomic E-state index is 0.170. The number of amides is 2. The number of thioether (sulfide) groups is 1. The number of nitrogens with one attached hydrogen (secondary N) is 2. The molecule has 0 radical (unpaired) electrons. The van der Waals surface area contributed by atoms with Crippen LogP contribution >= 0.6 is 11.8 Å². The molecule has 32 heavy (non-hydrogen) atoms. The van der Waals surface area contributed by atoms with E-state index in [9.17, 15) is 9.59 Å². The molecule has 1 aliphatic heterocycles. The van der Waals surface area contributed by atoms with E-state index in [-0.39, 0.29) is 23.6 Å². The summed E-state index contributed by atoms with van der Waals surface area (Å²) in [7, 11) is 1.71. The Bertz CT molecular complexity index is 1120. The zero-order valence-electron chi connectivity index (χ0n) is 17.6. The Morgan fingerprint density at radius 2 is 1.88 bits per heavy atom. The van der Waals surface area contributed by atoms with Crippen LogP contribution in [0.4, 0.5) is 5.69 Å². The fourth-order valence-electron chi connectivity index (χ4n) is 3.07. The van der Waals surface area contributed by atoms with Crippen LogP contribution in [0.5, 0.6) is 11.5 Å². The SMILES string of the molecule is C[C@@H](NC(=O)c1ccc(NC(=O)CSc2nnnn2C)cc1)c1ccc2c(c1)OCCO2. The standard InChI is InChI=1S/C21H22N6O4S/c1-13(15-5-8-17-18(11-15)31-10-9-30-17)22-20(29)14-3-6-16(7-4-14)23-19(28)12-32-21-24-25-26-27(21)2/h3-8,11,13H,9-10,12H2,1-2H3,(H,22,29)(H,23,28)/t13-/m1/s1. The number of aryl methyl sites for hydroxylation is 1. The summed E-state index contributed by atoms with van der Waals surface area (Å²) in [5, 5.41) is 17.4. The van der Waals surface area contributed by atoms with Crippen molar-refractivity contribution in [1.29, 1.82) is 0 Å². The topological polar surface area (TPSA) is 120 Å². The number of nitrogens with zero attached hydrogens (tertiary/aromatic N) is 4. The average Bonchev–Trinajstić information content (AvgIpc) is 3.22. The van der Waals surface area contributed by atoms with Gasteiger partial charge in [-0.05, 0) is 59.3 Å². The summed E-state index contributed by atoms with van der Waals surface area (Å²) in [5.41, 5.74) is 2.01. The molecule has 0 unspecified atom stereocenters. The van der Waals surface area contributed by atoms with E-state index in [1.807, 2.05) is 25.1 Å². The monoisotopic (exact) mass is 454 g/mol. The largest absolute Gasteiger partial charge is 0.486 e. The first-order chi connectivity index (χ1) is 15.5. The van der Waals surface area contributed by atoms with Crippen molar-refractivity contribution in [3.8, 4) is 11.5 Å². The number of hydrogen-bond donors (Lipinski definition) is 2. The van der Waals surface area contributed by atoms with Crippen LogP contribution in [-0.4, -0.2) is 51.0 Å².